The van der Waals surface area contributed by atoms with Gasteiger partial charge in [-0.1, -0.05) is 6.07 Å². The summed E-state index contributed by atoms with van der Waals surface area (Å²) in [4.78, 5) is 12.0. The van der Waals surface area contributed by atoms with Crippen LogP contribution in [0.5, 0.6) is 5.75 Å². The molecule has 0 aliphatic carbocycles. The highest BCUT2D eigenvalue weighted by atomic mass is 19.1. The third-order valence-corrected chi connectivity index (χ3v) is 2.87. The van der Waals surface area contributed by atoms with E-state index >= 15 is 0 Å². The van der Waals surface area contributed by atoms with Crippen molar-refractivity contribution in [2.75, 3.05) is 0 Å². The van der Waals surface area contributed by atoms with Crippen LogP contribution in [-0.4, -0.2) is 27.3 Å². The van der Waals surface area contributed by atoms with Gasteiger partial charge in [-0.3, -0.25) is 9.89 Å². The van der Waals surface area contributed by atoms with Crippen LogP contribution in [0.2, 0.25) is 0 Å². The van der Waals surface area contributed by atoms with Gasteiger partial charge in [0, 0.05) is 18.2 Å². The molecule has 1 atom stereocenters. The first kappa shape index (κ1) is 14.0. The lowest BCUT2D eigenvalue weighted by molar-refractivity contribution is 0.0933. The molecule has 3 N–H and O–H groups in total. The number of aryl methyl sites for hydroxylation is 1. The van der Waals surface area contributed by atoms with Gasteiger partial charge in [0.25, 0.3) is 5.91 Å². The Kier molecular flexibility index (Phi) is 4.02. The van der Waals surface area contributed by atoms with E-state index in [-0.39, 0.29) is 17.4 Å². The second-order valence-electron chi connectivity index (χ2n) is 4.75. The lowest BCUT2D eigenvalue weighted by atomic mass is 10.1. The van der Waals surface area contributed by atoms with Gasteiger partial charge in [-0.05, 0) is 32.0 Å². The van der Waals surface area contributed by atoms with Gasteiger partial charge in [0.05, 0.1) is 5.69 Å². The lowest BCUT2D eigenvalue weighted by Crippen LogP contribution is -2.34. The largest absolute Gasteiger partial charge is 0.507 e. The van der Waals surface area contributed by atoms with Crippen LogP contribution < -0.4 is 5.32 Å². The second-order valence-corrected chi connectivity index (χ2v) is 4.75. The number of halogens is 1. The Morgan fingerprint density at radius 3 is 2.90 bits per heavy atom. The summed E-state index contributed by atoms with van der Waals surface area (Å²) in [7, 11) is 0. The Labute approximate surface area is 115 Å². The van der Waals surface area contributed by atoms with Crippen molar-refractivity contribution in [1.82, 2.24) is 15.5 Å². The molecule has 0 saturated carbocycles. The summed E-state index contributed by atoms with van der Waals surface area (Å²) in [6.07, 6.45) is 0.519. The molecule has 0 saturated heterocycles. The Hall–Kier alpha value is -2.37. The van der Waals surface area contributed by atoms with Crippen molar-refractivity contribution in [1.29, 1.82) is 0 Å². The van der Waals surface area contributed by atoms with Gasteiger partial charge < -0.3 is 10.4 Å². The van der Waals surface area contributed by atoms with Crippen molar-refractivity contribution in [2.45, 2.75) is 26.3 Å². The number of aromatic amines is 1. The van der Waals surface area contributed by atoms with Gasteiger partial charge in [-0.2, -0.15) is 5.10 Å². The molecule has 6 heteroatoms. The van der Waals surface area contributed by atoms with Crippen LogP contribution in [0.25, 0.3) is 0 Å². The number of rotatable bonds is 4. The Bertz CT molecular complexity index is 604. The number of carbonyl (C=O) groups is 1. The first-order valence-electron chi connectivity index (χ1n) is 6.26. The topological polar surface area (TPSA) is 78.0 Å². The van der Waals surface area contributed by atoms with Crippen LogP contribution in [0.1, 0.15) is 28.7 Å². The minimum atomic E-state index is -0.745. The zero-order valence-corrected chi connectivity index (χ0v) is 11.3. The van der Waals surface area contributed by atoms with E-state index in [4.69, 9.17) is 0 Å². The number of phenols is 1. The highest BCUT2D eigenvalue weighted by Crippen LogP contribution is 2.19. The fourth-order valence-electron chi connectivity index (χ4n) is 1.98. The number of aromatic hydroxyl groups is 1. The van der Waals surface area contributed by atoms with E-state index in [1.807, 2.05) is 13.0 Å². The first-order chi connectivity index (χ1) is 9.47. The number of phenolic OH excluding ortho intramolecular Hbond substituents is 1. The average Bonchev–Trinajstić information content (AvgIpc) is 2.74. The van der Waals surface area contributed by atoms with Crippen LogP contribution in [-0.2, 0) is 6.42 Å². The number of carbonyl (C=O) groups excluding carboxylic acids is 1. The molecule has 0 radical (unpaired) electrons. The smallest absolute Gasteiger partial charge is 0.258 e. The van der Waals surface area contributed by atoms with Crippen molar-refractivity contribution in [3.05, 3.63) is 47.0 Å². The SMILES string of the molecule is Cc1cc(CC(C)NC(=O)c2c(O)cccc2F)n[nH]1. The fourth-order valence-corrected chi connectivity index (χ4v) is 1.98. The summed E-state index contributed by atoms with van der Waals surface area (Å²) in [6, 6.07) is 5.40. The molecule has 0 fully saturated rings. The highest BCUT2D eigenvalue weighted by molar-refractivity contribution is 5.97. The zero-order valence-electron chi connectivity index (χ0n) is 11.3. The highest BCUT2D eigenvalue weighted by Gasteiger charge is 2.18. The number of amides is 1. The molecule has 1 heterocycles. The summed E-state index contributed by atoms with van der Waals surface area (Å²) in [5, 5.41) is 19.1. The Balaban J connectivity index is 2.04. The molecule has 2 aromatic rings. The summed E-state index contributed by atoms with van der Waals surface area (Å²) < 4.78 is 13.5. The van der Waals surface area contributed by atoms with E-state index in [0.717, 1.165) is 17.5 Å². The normalized spacial score (nSPS) is 12.2. The molecule has 1 aromatic carbocycles. The number of H-pyrrole nitrogens is 1. The summed E-state index contributed by atoms with van der Waals surface area (Å²) in [5.74, 6) is -1.75. The summed E-state index contributed by atoms with van der Waals surface area (Å²) in [5.41, 5.74) is 1.41. The standard InChI is InChI=1S/C14H16FN3O2/c1-8(6-10-7-9(2)17-18-10)16-14(20)13-11(15)4-3-5-12(13)19/h3-5,7-8,19H,6H2,1-2H3,(H,16,20)(H,17,18). The summed E-state index contributed by atoms with van der Waals surface area (Å²) >= 11 is 0. The van der Waals surface area contributed by atoms with Gasteiger partial charge in [-0.25, -0.2) is 4.39 Å². The lowest BCUT2D eigenvalue weighted by Gasteiger charge is -2.13. The van der Waals surface area contributed by atoms with E-state index in [1.54, 1.807) is 6.92 Å². The van der Waals surface area contributed by atoms with Crippen LogP contribution in [0.4, 0.5) is 4.39 Å². The van der Waals surface area contributed by atoms with Gasteiger partial charge >= 0.3 is 0 Å². The monoisotopic (exact) mass is 277 g/mol. The minimum absolute atomic E-state index is 0.232. The van der Waals surface area contributed by atoms with Crippen LogP contribution >= 0.6 is 0 Å². The average molecular weight is 277 g/mol. The molecule has 1 unspecified atom stereocenters. The van der Waals surface area contributed by atoms with E-state index in [9.17, 15) is 14.3 Å². The van der Waals surface area contributed by atoms with E-state index in [1.165, 1.54) is 12.1 Å². The third-order valence-electron chi connectivity index (χ3n) is 2.87. The molecular weight excluding hydrogens is 261 g/mol. The molecule has 20 heavy (non-hydrogen) atoms. The third kappa shape index (κ3) is 3.14. The molecule has 1 amide bonds. The van der Waals surface area contributed by atoms with Crippen molar-refractivity contribution >= 4 is 5.91 Å². The molecule has 0 aliphatic heterocycles. The molecule has 0 spiro atoms. The number of hydrogen-bond acceptors (Lipinski definition) is 3. The Morgan fingerprint density at radius 2 is 2.30 bits per heavy atom. The number of aromatic nitrogens is 2. The van der Waals surface area contributed by atoms with Crippen LogP contribution in [0.15, 0.2) is 24.3 Å². The van der Waals surface area contributed by atoms with Crippen molar-refractivity contribution in [2.24, 2.45) is 0 Å². The zero-order chi connectivity index (χ0) is 14.7. The van der Waals surface area contributed by atoms with Crippen molar-refractivity contribution in [3.8, 4) is 5.75 Å². The van der Waals surface area contributed by atoms with Crippen molar-refractivity contribution in [3.63, 3.8) is 0 Å². The summed E-state index contributed by atoms with van der Waals surface area (Å²) in [6.45, 7) is 3.68. The number of nitrogens with zero attached hydrogens (tertiary/aromatic N) is 1. The van der Waals surface area contributed by atoms with Crippen LogP contribution in [0, 0.1) is 12.7 Å². The van der Waals surface area contributed by atoms with E-state index in [0.29, 0.717) is 6.42 Å². The van der Waals surface area contributed by atoms with E-state index in [2.05, 4.69) is 15.5 Å². The minimum Gasteiger partial charge on any atom is -0.507 e. The molecule has 0 aliphatic rings. The molecule has 5 nitrogen and oxygen atoms in total. The van der Waals surface area contributed by atoms with Gasteiger partial charge in [0.2, 0.25) is 0 Å². The maximum Gasteiger partial charge on any atom is 0.258 e. The fraction of sp³-hybridized carbons (Fsp3) is 0.286. The maximum absolute atomic E-state index is 13.5. The second kappa shape index (κ2) is 5.73. The predicted molar refractivity (Wildman–Crippen MR) is 72.0 cm³/mol. The molecule has 0 bridgehead atoms. The van der Waals surface area contributed by atoms with E-state index < -0.39 is 11.7 Å². The van der Waals surface area contributed by atoms with Gasteiger partial charge in [0.1, 0.15) is 17.1 Å². The first-order valence-corrected chi connectivity index (χ1v) is 6.26. The molecule has 1 aromatic heterocycles. The predicted octanol–water partition coefficient (Wildman–Crippen LogP) is 1.92. The quantitative estimate of drug-likeness (QED) is 0.799. The van der Waals surface area contributed by atoms with Gasteiger partial charge in [-0.15, -0.1) is 0 Å². The number of benzene rings is 1. The molecule has 106 valence electrons. The molecule has 2 rings (SSSR count). The van der Waals surface area contributed by atoms with Crippen LogP contribution in [0.3, 0.4) is 0 Å². The van der Waals surface area contributed by atoms with Gasteiger partial charge in [0.15, 0.2) is 0 Å². The number of hydrogen-bond donors (Lipinski definition) is 3. The Morgan fingerprint density at radius 1 is 1.55 bits per heavy atom. The van der Waals surface area contributed by atoms with Crippen molar-refractivity contribution < 1.29 is 14.3 Å². The molecular formula is C14H16FN3O2. The maximum atomic E-state index is 13.5. The number of nitrogens with one attached hydrogen (secondary N) is 2.